The van der Waals surface area contributed by atoms with Gasteiger partial charge in [0.2, 0.25) is 0 Å². The number of halogens is 4. The molecule has 1 aromatic heterocycles. The number of amides is 2. The van der Waals surface area contributed by atoms with E-state index in [9.17, 15) is 27.9 Å². The van der Waals surface area contributed by atoms with Gasteiger partial charge < -0.3 is 30.1 Å². The number of aromatic nitrogens is 1. The van der Waals surface area contributed by atoms with E-state index in [1.165, 1.54) is 26.0 Å². The third kappa shape index (κ3) is 6.64. The zero-order valence-corrected chi connectivity index (χ0v) is 23.4. The minimum absolute atomic E-state index is 0.0295. The Morgan fingerprint density at radius 1 is 1.10 bits per heavy atom. The van der Waals surface area contributed by atoms with Crippen molar-refractivity contribution in [3.8, 4) is 11.5 Å². The van der Waals surface area contributed by atoms with Crippen molar-refractivity contribution >= 4 is 29.2 Å². The van der Waals surface area contributed by atoms with Crippen molar-refractivity contribution in [1.82, 2.24) is 15.6 Å². The Hall–Kier alpha value is -3.25. The molecule has 3 heterocycles. The van der Waals surface area contributed by atoms with Gasteiger partial charge in [-0.25, -0.2) is 4.98 Å². The SMILES string of the molecule is CC(C)(Oc1ccc(Cl)cc1OC(F)(F)F)C(=O)NC1CC2CCC(C1)N2c1ccc(C(=O)NC2(CO)CC2)cn1. The second kappa shape index (κ2) is 10.9. The van der Waals surface area contributed by atoms with Crippen LogP contribution in [-0.2, 0) is 4.79 Å². The van der Waals surface area contributed by atoms with E-state index < -0.39 is 29.2 Å². The highest BCUT2D eigenvalue weighted by Gasteiger charge is 2.45. The van der Waals surface area contributed by atoms with Crippen molar-refractivity contribution in [3.63, 3.8) is 0 Å². The van der Waals surface area contributed by atoms with E-state index in [-0.39, 0.29) is 41.4 Å². The minimum atomic E-state index is -4.95. The molecule has 2 aliphatic heterocycles. The lowest BCUT2D eigenvalue weighted by atomic mass is 9.96. The second-order valence-electron chi connectivity index (χ2n) is 11.5. The maximum Gasteiger partial charge on any atom is 0.573 e. The summed E-state index contributed by atoms with van der Waals surface area (Å²) in [6, 6.07) is 7.21. The summed E-state index contributed by atoms with van der Waals surface area (Å²) in [6.07, 6.45) is 1.25. The molecule has 9 nitrogen and oxygen atoms in total. The van der Waals surface area contributed by atoms with Crippen LogP contribution in [0.1, 0.15) is 62.7 Å². The number of hydrogen-bond donors (Lipinski definition) is 3. The molecule has 2 bridgehead atoms. The average Bonchev–Trinajstić information content (AvgIpc) is 3.62. The summed E-state index contributed by atoms with van der Waals surface area (Å²) in [5.74, 6) is -0.860. The number of carbonyl (C=O) groups excluding carboxylic acids is 2. The maximum absolute atomic E-state index is 13.2. The van der Waals surface area contributed by atoms with Crippen LogP contribution in [0.5, 0.6) is 11.5 Å². The van der Waals surface area contributed by atoms with E-state index in [0.717, 1.165) is 37.6 Å². The van der Waals surface area contributed by atoms with Gasteiger partial charge in [-0.2, -0.15) is 0 Å². The van der Waals surface area contributed by atoms with Crippen LogP contribution in [0.2, 0.25) is 5.02 Å². The molecule has 3 aliphatic rings. The van der Waals surface area contributed by atoms with E-state index >= 15 is 0 Å². The number of piperidine rings is 1. The number of alkyl halides is 3. The van der Waals surface area contributed by atoms with Crippen molar-refractivity contribution in [2.45, 2.75) is 88.0 Å². The molecule has 13 heteroatoms. The summed E-state index contributed by atoms with van der Waals surface area (Å²) in [4.78, 5) is 32.5. The van der Waals surface area contributed by atoms with E-state index in [4.69, 9.17) is 16.3 Å². The lowest BCUT2D eigenvalue weighted by Gasteiger charge is -2.41. The van der Waals surface area contributed by atoms with Crippen molar-refractivity contribution in [3.05, 3.63) is 47.1 Å². The van der Waals surface area contributed by atoms with Gasteiger partial charge in [0, 0.05) is 35.4 Å². The molecule has 0 radical (unpaired) electrons. The number of fused-ring (bicyclic) bond motifs is 2. The number of anilines is 1. The van der Waals surface area contributed by atoms with Crippen LogP contribution in [0.15, 0.2) is 36.5 Å². The number of hydrogen-bond acceptors (Lipinski definition) is 7. The summed E-state index contributed by atoms with van der Waals surface area (Å²) < 4.78 is 48.4. The van der Waals surface area contributed by atoms with Crippen molar-refractivity contribution < 1.29 is 37.3 Å². The summed E-state index contributed by atoms with van der Waals surface area (Å²) in [5.41, 5.74) is -1.58. The van der Waals surface area contributed by atoms with Crippen LogP contribution in [0, 0.1) is 0 Å². The smallest absolute Gasteiger partial charge is 0.474 e. The first kappa shape index (κ1) is 29.2. The minimum Gasteiger partial charge on any atom is -0.474 e. The molecule has 222 valence electrons. The standard InChI is InChI=1S/C28H32ClF3N4O5/c1-26(2,40-21-7-4-17(29)11-22(21)41-28(30,31)32)25(39)34-18-12-19-5-6-20(13-18)36(19)23-8-3-16(14-33-23)24(38)35-27(15-37)9-10-27/h3-4,7-8,11,14,18-20,37H,5-6,9-10,12-13,15H2,1-2H3,(H,34,39)(H,35,38). The zero-order valence-electron chi connectivity index (χ0n) is 22.6. The summed E-state index contributed by atoms with van der Waals surface area (Å²) in [7, 11) is 0. The first-order valence-corrected chi connectivity index (χ1v) is 13.9. The fraction of sp³-hybridized carbons (Fsp3) is 0.536. The Bertz CT molecular complexity index is 1290. The molecule has 5 rings (SSSR count). The number of aliphatic hydroxyl groups excluding tert-OH is 1. The molecule has 1 aliphatic carbocycles. The Morgan fingerprint density at radius 3 is 2.34 bits per heavy atom. The highest BCUT2D eigenvalue weighted by atomic mass is 35.5. The van der Waals surface area contributed by atoms with Gasteiger partial charge in [-0.05, 0) is 76.6 Å². The quantitative estimate of drug-likeness (QED) is 0.394. The van der Waals surface area contributed by atoms with Crippen LogP contribution in [-0.4, -0.2) is 64.1 Å². The Morgan fingerprint density at radius 2 is 1.78 bits per heavy atom. The van der Waals surface area contributed by atoms with Crippen LogP contribution in [0.3, 0.4) is 0 Å². The topological polar surface area (TPSA) is 113 Å². The number of nitrogens with one attached hydrogen (secondary N) is 2. The van der Waals surface area contributed by atoms with Crippen LogP contribution >= 0.6 is 11.6 Å². The molecule has 2 saturated heterocycles. The highest BCUT2D eigenvalue weighted by molar-refractivity contribution is 6.30. The van der Waals surface area contributed by atoms with E-state index in [0.29, 0.717) is 18.4 Å². The summed E-state index contributed by atoms with van der Waals surface area (Å²) in [6.45, 7) is 2.87. The second-order valence-corrected chi connectivity index (χ2v) is 11.9. The van der Waals surface area contributed by atoms with Crippen molar-refractivity contribution in [2.75, 3.05) is 11.5 Å². The van der Waals surface area contributed by atoms with Gasteiger partial charge in [0.25, 0.3) is 11.8 Å². The molecule has 2 amide bonds. The van der Waals surface area contributed by atoms with Crippen molar-refractivity contribution in [1.29, 1.82) is 0 Å². The predicted octanol–water partition coefficient (Wildman–Crippen LogP) is 4.36. The van der Waals surface area contributed by atoms with Crippen LogP contribution < -0.4 is 25.0 Å². The first-order valence-electron chi connectivity index (χ1n) is 13.5. The molecular weight excluding hydrogens is 565 g/mol. The Balaban J connectivity index is 1.20. The van der Waals surface area contributed by atoms with E-state index in [2.05, 4.69) is 25.3 Å². The molecule has 3 fully saturated rings. The number of rotatable bonds is 9. The number of pyridine rings is 1. The van der Waals surface area contributed by atoms with Gasteiger partial charge in [-0.3, -0.25) is 9.59 Å². The van der Waals surface area contributed by atoms with Gasteiger partial charge in [-0.15, -0.1) is 13.2 Å². The van der Waals surface area contributed by atoms with Gasteiger partial charge in [0.15, 0.2) is 17.1 Å². The van der Waals surface area contributed by atoms with Crippen LogP contribution in [0.4, 0.5) is 19.0 Å². The predicted molar refractivity (Wildman–Crippen MR) is 144 cm³/mol. The number of ether oxygens (including phenoxy) is 2. The third-order valence-electron chi connectivity index (χ3n) is 7.92. The van der Waals surface area contributed by atoms with E-state index in [1.54, 1.807) is 12.3 Å². The Kier molecular flexibility index (Phi) is 7.75. The largest absolute Gasteiger partial charge is 0.573 e. The molecule has 2 unspecified atom stereocenters. The summed E-state index contributed by atoms with van der Waals surface area (Å²) in [5, 5.41) is 15.4. The molecule has 1 aromatic carbocycles. The molecule has 41 heavy (non-hydrogen) atoms. The zero-order chi connectivity index (χ0) is 29.6. The van der Waals surface area contributed by atoms with Gasteiger partial charge in [-0.1, -0.05) is 11.6 Å². The normalized spacial score (nSPS) is 23.1. The monoisotopic (exact) mass is 596 g/mol. The molecule has 1 saturated carbocycles. The Labute approximate surface area is 240 Å². The first-order chi connectivity index (χ1) is 19.3. The lowest BCUT2D eigenvalue weighted by molar-refractivity contribution is -0.275. The number of benzene rings is 1. The van der Waals surface area contributed by atoms with Crippen molar-refractivity contribution in [2.24, 2.45) is 0 Å². The van der Waals surface area contributed by atoms with E-state index in [1.807, 2.05) is 6.07 Å². The van der Waals surface area contributed by atoms with Gasteiger partial charge >= 0.3 is 6.36 Å². The highest BCUT2D eigenvalue weighted by Crippen LogP contribution is 2.40. The third-order valence-corrected chi connectivity index (χ3v) is 8.16. The summed E-state index contributed by atoms with van der Waals surface area (Å²) >= 11 is 5.83. The average molecular weight is 597 g/mol. The molecule has 2 atom stereocenters. The fourth-order valence-corrected chi connectivity index (χ4v) is 5.74. The maximum atomic E-state index is 13.2. The molecular formula is C28H32ClF3N4O5. The van der Waals surface area contributed by atoms with Crippen LogP contribution in [0.25, 0.3) is 0 Å². The number of nitrogens with zero attached hydrogens (tertiary/aromatic N) is 2. The number of carbonyl (C=O) groups is 2. The van der Waals surface area contributed by atoms with Gasteiger partial charge in [0.05, 0.1) is 17.7 Å². The molecule has 2 aromatic rings. The fourth-order valence-electron chi connectivity index (χ4n) is 5.58. The lowest BCUT2D eigenvalue weighted by Crippen LogP contribution is -2.55. The molecule has 0 spiro atoms. The molecule has 3 N–H and O–H groups in total. The van der Waals surface area contributed by atoms with Gasteiger partial charge in [0.1, 0.15) is 5.82 Å². The number of aliphatic hydroxyl groups is 1.